The van der Waals surface area contributed by atoms with E-state index >= 15 is 0 Å². The Balaban J connectivity index is 2.56. The van der Waals surface area contributed by atoms with Gasteiger partial charge >= 0.3 is 0 Å². The first-order chi connectivity index (χ1) is 8.69. The molecule has 0 fully saturated rings. The third kappa shape index (κ3) is 2.42. The first-order valence-corrected chi connectivity index (χ1v) is 6.94. The second-order valence-corrected chi connectivity index (χ2v) is 4.95. The van der Waals surface area contributed by atoms with Crippen LogP contribution < -0.4 is 0 Å². The van der Waals surface area contributed by atoms with Gasteiger partial charge in [0.25, 0.3) is 0 Å². The lowest BCUT2D eigenvalue weighted by Crippen LogP contribution is -2.04. The summed E-state index contributed by atoms with van der Waals surface area (Å²) in [5.41, 5.74) is 0.432. The SMILES string of the molecule is CCCn1c(CCl)nnc1-c1cccc(Br)c1F. The molecule has 1 aromatic carbocycles. The van der Waals surface area contributed by atoms with Gasteiger partial charge in [-0.15, -0.1) is 21.8 Å². The standard InChI is InChI=1S/C12H12BrClFN3/c1-2-6-18-10(7-14)16-17-12(18)8-4-3-5-9(13)11(8)15/h3-5H,2,6-7H2,1H3. The molecule has 0 atom stereocenters. The van der Waals surface area contributed by atoms with E-state index in [-0.39, 0.29) is 11.7 Å². The largest absolute Gasteiger partial charge is 0.310 e. The predicted octanol–water partition coefficient (Wildman–Crippen LogP) is 4.00. The van der Waals surface area contributed by atoms with Gasteiger partial charge in [-0.1, -0.05) is 13.0 Å². The molecule has 6 heteroatoms. The summed E-state index contributed by atoms with van der Waals surface area (Å²) in [4.78, 5) is 0. The van der Waals surface area contributed by atoms with Crippen molar-refractivity contribution < 1.29 is 4.39 Å². The van der Waals surface area contributed by atoms with E-state index in [1.807, 2.05) is 11.5 Å². The van der Waals surface area contributed by atoms with Crippen molar-refractivity contribution in [2.24, 2.45) is 0 Å². The van der Waals surface area contributed by atoms with Crippen LogP contribution in [0.3, 0.4) is 0 Å². The molecular formula is C12H12BrClFN3. The molecule has 2 rings (SSSR count). The summed E-state index contributed by atoms with van der Waals surface area (Å²) in [6.07, 6.45) is 0.907. The Labute approximate surface area is 118 Å². The molecule has 0 saturated heterocycles. The lowest BCUT2D eigenvalue weighted by molar-refractivity contribution is 0.615. The highest BCUT2D eigenvalue weighted by molar-refractivity contribution is 9.10. The first kappa shape index (κ1) is 13.5. The molecule has 0 aliphatic heterocycles. The number of aromatic nitrogens is 3. The van der Waals surface area contributed by atoms with Gasteiger partial charge in [0.1, 0.15) is 11.6 Å². The summed E-state index contributed by atoms with van der Waals surface area (Å²) >= 11 is 8.99. The van der Waals surface area contributed by atoms with Crippen molar-refractivity contribution in [1.82, 2.24) is 14.8 Å². The highest BCUT2D eigenvalue weighted by Gasteiger charge is 2.17. The number of hydrogen-bond acceptors (Lipinski definition) is 2. The summed E-state index contributed by atoms with van der Waals surface area (Å²) < 4.78 is 16.3. The summed E-state index contributed by atoms with van der Waals surface area (Å²) in [6, 6.07) is 5.12. The molecule has 0 N–H and O–H groups in total. The van der Waals surface area contributed by atoms with Crippen LogP contribution in [0, 0.1) is 5.82 Å². The van der Waals surface area contributed by atoms with Gasteiger partial charge in [0.15, 0.2) is 5.82 Å². The molecule has 3 nitrogen and oxygen atoms in total. The van der Waals surface area contributed by atoms with Crippen LogP contribution in [0.25, 0.3) is 11.4 Å². The van der Waals surface area contributed by atoms with Crippen molar-refractivity contribution in [1.29, 1.82) is 0 Å². The number of halogens is 3. The molecular weight excluding hydrogens is 321 g/mol. The topological polar surface area (TPSA) is 30.7 Å². The van der Waals surface area contributed by atoms with E-state index in [1.54, 1.807) is 18.2 Å². The monoisotopic (exact) mass is 331 g/mol. The van der Waals surface area contributed by atoms with Crippen LogP contribution in [0.1, 0.15) is 19.2 Å². The Bertz CT molecular complexity index is 556. The fourth-order valence-corrected chi connectivity index (χ4v) is 2.33. The van der Waals surface area contributed by atoms with Crippen LogP contribution in [0.4, 0.5) is 4.39 Å². The predicted molar refractivity (Wildman–Crippen MR) is 73.0 cm³/mol. The minimum Gasteiger partial charge on any atom is -0.310 e. The summed E-state index contributed by atoms with van der Waals surface area (Å²) in [5, 5.41) is 8.04. The van der Waals surface area contributed by atoms with Crippen molar-refractivity contribution in [2.45, 2.75) is 25.8 Å². The van der Waals surface area contributed by atoms with Crippen molar-refractivity contribution >= 4 is 27.5 Å². The molecule has 1 aromatic heterocycles. The van der Waals surface area contributed by atoms with E-state index in [4.69, 9.17) is 11.6 Å². The maximum Gasteiger partial charge on any atom is 0.167 e. The lowest BCUT2D eigenvalue weighted by atomic mass is 10.2. The highest BCUT2D eigenvalue weighted by Crippen LogP contribution is 2.27. The van der Waals surface area contributed by atoms with Crippen molar-refractivity contribution in [3.63, 3.8) is 0 Å². The molecule has 0 unspecified atom stereocenters. The van der Waals surface area contributed by atoms with Crippen LogP contribution in [0.15, 0.2) is 22.7 Å². The molecule has 0 saturated carbocycles. The zero-order valence-electron chi connectivity index (χ0n) is 9.83. The molecule has 0 aliphatic rings. The van der Waals surface area contributed by atoms with Crippen LogP contribution in [0.2, 0.25) is 0 Å². The highest BCUT2D eigenvalue weighted by atomic mass is 79.9. The second-order valence-electron chi connectivity index (χ2n) is 3.83. The molecule has 18 heavy (non-hydrogen) atoms. The maximum atomic E-state index is 14.1. The fourth-order valence-electron chi connectivity index (χ4n) is 1.77. The Morgan fingerprint density at radius 3 is 2.83 bits per heavy atom. The van der Waals surface area contributed by atoms with Gasteiger partial charge in [0, 0.05) is 6.54 Å². The van der Waals surface area contributed by atoms with Crippen LogP contribution >= 0.6 is 27.5 Å². The van der Waals surface area contributed by atoms with Crippen LogP contribution in [-0.4, -0.2) is 14.8 Å². The zero-order valence-corrected chi connectivity index (χ0v) is 12.2. The molecule has 0 aliphatic carbocycles. The number of alkyl halides is 1. The van der Waals surface area contributed by atoms with E-state index in [2.05, 4.69) is 26.1 Å². The third-order valence-corrected chi connectivity index (χ3v) is 3.44. The van der Waals surface area contributed by atoms with E-state index in [1.165, 1.54) is 0 Å². The molecule has 2 aromatic rings. The lowest BCUT2D eigenvalue weighted by Gasteiger charge is -2.08. The number of hydrogen-bond donors (Lipinski definition) is 0. The van der Waals surface area contributed by atoms with E-state index in [0.717, 1.165) is 13.0 Å². The molecule has 0 radical (unpaired) electrons. The third-order valence-electron chi connectivity index (χ3n) is 2.59. The number of nitrogens with zero attached hydrogens (tertiary/aromatic N) is 3. The van der Waals surface area contributed by atoms with Crippen molar-refractivity contribution in [3.8, 4) is 11.4 Å². The Kier molecular flexibility index (Phi) is 4.35. The summed E-state index contributed by atoms with van der Waals surface area (Å²) in [6.45, 7) is 2.76. The molecule has 96 valence electrons. The first-order valence-electron chi connectivity index (χ1n) is 5.61. The average molecular weight is 333 g/mol. The minimum absolute atomic E-state index is 0.266. The van der Waals surface area contributed by atoms with Gasteiger partial charge < -0.3 is 4.57 Å². The Morgan fingerprint density at radius 2 is 2.17 bits per heavy atom. The van der Waals surface area contributed by atoms with E-state index in [9.17, 15) is 4.39 Å². The number of benzene rings is 1. The van der Waals surface area contributed by atoms with Gasteiger partial charge in [-0.05, 0) is 34.5 Å². The number of rotatable bonds is 4. The van der Waals surface area contributed by atoms with Gasteiger partial charge in [0.05, 0.1) is 15.9 Å². The maximum absolute atomic E-state index is 14.1. The normalized spacial score (nSPS) is 10.9. The van der Waals surface area contributed by atoms with Gasteiger partial charge in [-0.25, -0.2) is 4.39 Å². The molecule has 1 heterocycles. The molecule has 0 amide bonds. The summed E-state index contributed by atoms with van der Waals surface area (Å²) in [7, 11) is 0. The molecule has 0 spiro atoms. The van der Waals surface area contributed by atoms with E-state index in [0.29, 0.717) is 21.7 Å². The van der Waals surface area contributed by atoms with Gasteiger partial charge in [0.2, 0.25) is 0 Å². The second kappa shape index (κ2) is 5.80. The van der Waals surface area contributed by atoms with Crippen LogP contribution in [0.5, 0.6) is 0 Å². The van der Waals surface area contributed by atoms with Gasteiger partial charge in [-0.3, -0.25) is 0 Å². The van der Waals surface area contributed by atoms with Crippen LogP contribution in [-0.2, 0) is 12.4 Å². The van der Waals surface area contributed by atoms with Gasteiger partial charge in [-0.2, -0.15) is 0 Å². The van der Waals surface area contributed by atoms with Crippen molar-refractivity contribution in [2.75, 3.05) is 0 Å². The zero-order chi connectivity index (χ0) is 13.1. The fraction of sp³-hybridized carbons (Fsp3) is 0.333. The summed E-state index contributed by atoms with van der Waals surface area (Å²) in [5.74, 6) is 1.12. The van der Waals surface area contributed by atoms with E-state index < -0.39 is 0 Å². The van der Waals surface area contributed by atoms with Crippen molar-refractivity contribution in [3.05, 3.63) is 34.3 Å². The molecule has 0 bridgehead atoms. The quantitative estimate of drug-likeness (QED) is 0.792. The Hall–Kier alpha value is -0.940. The average Bonchev–Trinajstić information content (AvgIpc) is 2.76. The Morgan fingerprint density at radius 1 is 1.39 bits per heavy atom. The minimum atomic E-state index is -0.330. The smallest absolute Gasteiger partial charge is 0.167 e.